The predicted molar refractivity (Wildman–Crippen MR) is 97.0 cm³/mol. The summed E-state index contributed by atoms with van der Waals surface area (Å²) >= 11 is 0. The lowest BCUT2D eigenvalue weighted by atomic mass is 10.1. The summed E-state index contributed by atoms with van der Waals surface area (Å²) in [6, 6.07) is 6.99. The van der Waals surface area contributed by atoms with E-state index >= 15 is 0 Å². The number of hydrogen-bond donors (Lipinski definition) is 0. The molecular formula is C20H27F3N2O2. The fourth-order valence-electron chi connectivity index (χ4n) is 3.88. The molecule has 1 amide bonds. The zero-order valence-corrected chi connectivity index (χ0v) is 15.5. The smallest absolute Gasteiger partial charge is 0.389 e. The molecule has 27 heavy (non-hydrogen) atoms. The number of amides is 1. The maximum atomic E-state index is 12.9. The van der Waals surface area contributed by atoms with Gasteiger partial charge in [0.2, 0.25) is 0 Å². The van der Waals surface area contributed by atoms with Crippen LogP contribution in [-0.2, 0) is 0 Å². The van der Waals surface area contributed by atoms with Crippen LogP contribution in [-0.4, -0.2) is 60.7 Å². The minimum atomic E-state index is -4.15. The third-order valence-electron chi connectivity index (χ3n) is 5.28. The highest BCUT2D eigenvalue weighted by atomic mass is 19.4. The summed E-state index contributed by atoms with van der Waals surface area (Å²) in [5.74, 6) is 0.518. The van der Waals surface area contributed by atoms with Crippen molar-refractivity contribution >= 4 is 5.91 Å². The molecule has 1 aromatic rings. The van der Waals surface area contributed by atoms with Gasteiger partial charge in [0.1, 0.15) is 5.75 Å². The van der Waals surface area contributed by atoms with Gasteiger partial charge >= 0.3 is 6.18 Å². The Balaban J connectivity index is 1.50. The maximum absolute atomic E-state index is 12.9. The Morgan fingerprint density at radius 3 is 2.44 bits per heavy atom. The molecule has 2 fully saturated rings. The molecular weight excluding hydrogens is 357 g/mol. The first-order valence-electron chi connectivity index (χ1n) is 9.75. The quantitative estimate of drug-likeness (QED) is 0.664. The number of carbonyl (C=O) groups is 1. The fraction of sp³-hybridized carbons (Fsp3) is 0.650. The Morgan fingerprint density at radius 1 is 1.07 bits per heavy atom. The Labute approximate surface area is 158 Å². The topological polar surface area (TPSA) is 32.8 Å². The third-order valence-corrected chi connectivity index (χ3v) is 5.28. The number of alkyl halides is 3. The van der Waals surface area contributed by atoms with Crippen LogP contribution in [0.25, 0.3) is 0 Å². The number of carbonyl (C=O) groups excluding carboxylic acids is 1. The van der Waals surface area contributed by atoms with Gasteiger partial charge in [-0.2, -0.15) is 13.2 Å². The highest BCUT2D eigenvalue weighted by Gasteiger charge is 2.31. The van der Waals surface area contributed by atoms with Gasteiger partial charge in [-0.15, -0.1) is 0 Å². The van der Waals surface area contributed by atoms with Gasteiger partial charge in [0, 0.05) is 31.1 Å². The lowest BCUT2D eigenvalue weighted by Gasteiger charge is -2.28. The molecule has 7 heteroatoms. The van der Waals surface area contributed by atoms with E-state index in [1.807, 2.05) is 4.90 Å². The number of likely N-dealkylation sites (tertiary alicyclic amines) is 2. The Morgan fingerprint density at radius 2 is 1.78 bits per heavy atom. The molecule has 0 saturated carbocycles. The van der Waals surface area contributed by atoms with Crippen molar-refractivity contribution in [3.63, 3.8) is 0 Å². The van der Waals surface area contributed by atoms with Crippen molar-refractivity contribution in [2.24, 2.45) is 0 Å². The second kappa shape index (κ2) is 8.95. The molecule has 0 aliphatic carbocycles. The first-order chi connectivity index (χ1) is 12.9. The molecule has 1 atom stereocenters. The summed E-state index contributed by atoms with van der Waals surface area (Å²) in [4.78, 5) is 17.3. The van der Waals surface area contributed by atoms with Gasteiger partial charge in [-0.1, -0.05) is 0 Å². The van der Waals surface area contributed by atoms with Gasteiger partial charge in [0.25, 0.3) is 5.91 Å². The molecule has 0 aromatic heterocycles. The van der Waals surface area contributed by atoms with Crippen molar-refractivity contribution in [2.45, 2.75) is 50.7 Å². The van der Waals surface area contributed by atoms with Gasteiger partial charge in [0.15, 0.2) is 0 Å². The van der Waals surface area contributed by atoms with Crippen LogP contribution < -0.4 is 4.74 Å². The summed E-state index contributed by atoms with van der Waals surface area (Å²) in [5.41, 5.74) is 0.603. The molecule has 0 bridgehead atoms. The van der Waals surface area contributed by atoms with Gasteiger partial charge in [0.05, 0.1) is 6.61 Å². The van der Waals surface area contributed by atoms with Crippen LogP contribution in [0.1, 0.15) is 48.9 Å². The summed E-state index contributed by atoms with van der Waals surface area (Å²) in [7, 11) is 0. The molecule has 3 rings (SSSR count). The van der Waals surface area contributed by atoms with E-state index in [1.165, 1.54) is 12.8 Å². The lowest BCUT2D eigenvalue weighted by Crippen LogP contribution is -2.42. The van der Waals surface area contributed by atoms with Crippen LogP contribution in [0.15, 0.2) is 24.3 Å². The van der Waals surface area contributed by atoms with E-state index in [0.717, 1.165) is 39.0 Å². The zero-order chi connectivity index (χ0) is 19.3. The van der Waals surface area contributed by atoms with Crippen molar-refractivity contribution in [1.29, 1.82) is 0 Å². The van der Waals surface area contributed by atoms with E-state index in [9.17, 15) is 18.0 Å². The van der Waals surface area contributed by atoms with Crippen LogP contribution in [0, 0.1) is 0 Å². The molecule has 2 saturated heterocycles. The van der Waals surface area contributed by atoms with Crippen molar-refractivity contribution in [1.82, 2.24) is 9.80 Å². The fourth-order valence-corrected chi connectivity index (χ4v) is 3.88. The average molecular weight is 384 g/mol. The van der Waals surface area contributed by atoms with Crippen LogP contribution in [0.4, 0.5) is 13.2 Å². The third kappa shape index (κ3) is 5.86. The second-order valence-corrected chi connectivity index (χ2v) is 7.39. The zero-order valence-electron chi connectivity index (χ0n) is 15.5. The molecule has 4 nitrogen and oxygen atoms in total. The Kier molecular flexibility index (Phi) is 6.63. The number of benzene rings is 1. The van der Waals surface area contributed by atoms with Crippen molar-refractivity contribution < 1.29 is 22.7 Å². The summed E-state index contributed by atoms with van der Waals surface area (Å²) in [6.45, 7) is 3.99. The Hall–Kier alpha value is -1.76. The van der Waals surface area contributed by atoms with Crippen molar-refractivity contribution in [3.05, 3.63) is 29.8 Å². The minimum absolute atomic E-state index is 0.0108. The van der Waals surface area contributed by atoms with E-state index in [4.69, 9.17) is 4.74 Å². The number of rotatable bonds is 7. The number of ether oxygens (including phenoxy) is 1. The van der Waals surface area contributed by atoms with E-state index in [-0.39, 0.29) is 25.0 Å². The number of halogens is 3. The molecule has 0 N–H and O–H groups in total. The summed E-state index contributed by atoms with van der Waals surface area (Å²) in [6.07, 6.45) is -0.516. The molecule has 150 valence electrons. The van der Waals surface area contributed by atoms with Crippen LogP contribution in [0.3, 0.4) is 0 Å². The van der Waals surface area contributed by atoms with E-state index in [2.05, 4.69) is 4.90 Å². The highest BCUT2D eigenvalue weighted by Crippen LogP contribution is 2.24. The SMILES string of the molecule is O=C(c1ccc(OCCCC(F)(F)F)cc1)N1CCCC1CN1CCCC1. The monoisotopic (exact) mass is 384 g/mol. The summed E-state index contributed by atoms with van der Waals surface area (Å²) < 4.78 is 41.7. The first kappa shape index (κ1) is 20.0. The summed E-state index contributed by atoms with van der Waals surface area (Å²) in [5, 5.41) is 0. The highest BCUT2D eigenvalue weighted by molar-refractivity contribution is 5.94. The number of hydrogen-bond acceptors (Lipinski definition) is 3. The van der Waals surface area contributed by atoms with Gasteiger partial charge in [-0.25, -0.2) is 0 Å². The van der Waals surface area contributed by atoms with Crippen LogP contribution in [0.5, 0.6) is 5.75 Å². The first-order valence-corrected chi connectivity index (χ1v) is 9.75. The molecule has 2 heterocycles. The number of nitrogens with zero attached hydrogens (tertiary/aromatic N) is 2. The van der Waals surface area contributed by atoms with Gasteiger partial charge in [-0.3, -0.25) is 4.79 Å². The van der Waals surface area contributed by atoms with Crippen molar-refractivity contribution in [2.75, 3.05) is 32.8 Å². The average Bonchev–Trinajstić information content (AvgIpc) is 3.30. The van der Waals surface area contributed by atoms with Gasteiger partial charge < -0.3 is 14.5 Å². The minimum Gasteiger partial charge on any atom is -0.494 e. The lowest BCUT2D eigenvalue weighted by molar-refractivity contribution is -0.136. The molecule has 0 spiro atoms. The largest absolute Gasteiger partial charge is 0.494 e. The second-order valence-electron chi connectivity index (χ2n) is 7.39. The molecule has 0 radical (unpaired) electrons. The van der Waals surface area contributed by atoms with Crippen molar-refractivity contribution in [3.8, 4) is 5.75 Å². The normalized spacial score (nSPS) is 21.0. The molecule has 2 aliphatic rings. The van der Waals surface area contributed by atoms with E-state index in [1.54, 1.807) is 24.3 Å². The van der Waals surface area contributed by atoms with Gasteiger partial charge in [-0.05, 0) is 69.5 Å². The van der Waals surface area contributed by atoms with E-state index in [0.29, 0.717) is 11.3 Å². The molecule has 1 unspecified atom stereocenters. The Bertz CT molecular complexity index is 613. The van der Waals surface area contributed by atoms with Crippen LogP contribution >= 0.6 is 0 Å². The van der Waals surface area contributed by atoms with Crippen LogP contribution in [0.2, 0.25) is 0 Å². The molecule has 2 aliphatic heterocycles. The standard InChI is InChI=1S/C20H27F3N2O2/c21-20(22,23)10-4-14-27-18-8-6-16(7-9-18)19(26)25-13-3-5-17(25)15-24-11-1-2-12-24/h6-9,17H,1-5,10-15H2. The van der Waals surface area contributed by atoms with E-state index < -0.39 is 12.6 Å². The predicted octanol–water partition coefficient (Wildman–Crippen LogP) is 4.11. The molecule has 1 aromatic carbocycles. The maximum Gasteiger partial charge on any atom is 0.389 e.